The molecule has 0 aliphatic heterocycles. The van der Waals surface area contributed by atoms with Crippen LogP contribution in [0.25, 0.3) is 5.69 Å². The van der Waals surface area contributed by atoms with Crippen molar-refractivity contribution >= 4 is 10.0 Å². The fraction of sp³-hybridized carbons (Fsp3) is 0.308. The topological polar surface area (TPSA) is 79.0 Å². The van der Waals surface area contributed by atoms with E-state index in [0.717, 1.165) is 45.4 Å². The highest BCUT2D eigenvalue weighted by Crippen LogP contribution is 2.47. The summed E-state index contributed by atoms with van der Waals surface area (Å²) in [6.07, 6.45) is 3.90. The third kappa shape index (κ3) is 4.12. The lowest BCUT2D eigenvalue weighted by atomic mass is 9.80. The zero-order valence-electron chi connectivity index (χ0n) is 19.5. The molecular formula is C26H23F3N4O2S. The predicted octanol–water partition coefficient (Wildman–Crippen LogP) is 4.87. The van der Waals surface area contributed by atoms with Crippen LogP contribution in [0.15, 0.2) is 64.7 Å². The zero-order chi connectivity index (χ0) is 25.6. The van der Waals surface area contributed by atoms with Crippen LogP contribution in [0.1, 0.15) is 36.9 Å². The van der Waals surface area contributed by atoms with Crippen LogP contribution in [0.2, 0.25) is 0 Å². The molecule has 2 aliphatic rings. The van der Waals surface area contributed by atoms with Gasteiger partial charge >= 0.3 is 0 Å². The molecule has 0 saturated carbocycles. The Hall–Kier alpha value is -3.42. The number of fused-ring (bicyclic) bond motifs is 1. The Morgan fingerprint density at radius 3 is 2.56 bits per heavy atom. The van der Waals surface area contributed by atoms with Crippen molar-refractivity contribution in [3.05, 3.63) is 88.5 Å². The number of benzene rings is 2. The van der Waals surface area contributed by atoms with Crippen LogP contribution in [0.4, 0.5) is 13.2 Å². The van der Waals surface area contributed by atoms with E-state index in [1.165, 1.54) is 17.7 Å². The lowest BCUT2D eigenvalue weighted by molar-refractivity contribution is 0.381. The molecule has 1 aromatic heterocycles. The fourth-order valence-electron chi connectivity index (χ4n) is 5.47. The van der Waals surface area contributed by atoms with E-state index in [2.05, 4.69) is 5.10 Å². The first-order chi connectivity index (χ1) is 17.2. The number of allylic oxidation sites excluding steroid dienone is 1. The number of sulfonamides is 1. The Morgan fingerprint density at radius 2 is 1.86 bits per heavy atom. The highest BCUT2D eigenvalue weighted by atomic mass is 32.2. The number of halogens is 3. The summed E-state index contributed by atoms with van der Waals surface area (Å²) in [6, 6.07) is 10.3. The molecule has 0 radical (unpaired) electrons. The maximum Gasteiger partial charge on any atom is 0.246 e. The van der Waals surface area contributed by atoms with E-state index >= 15 is 0 Å². The Labute approximate surface area is 207 Å². The van der Waals surface area contributed by atoms with E-state index in [0.29, 0.717) is 18.9 Å². The minimum Gasteiger partial charge on any atom is -0.237 e. The molecule has 1 heterocycles. The van der Waals surface area contributed by atoms with Crippen LogP contribution >= 0.6 is 0 Å². The summed E-state index contributed by atoms with van der Waals surface area (Å²) in [5.74, 6) is -2.57. The number of aromatic nitrogens is 2. The van der Waals surface area contributed by atoms with Gasteiger partial charge in [-0.25, -0.2) is 26.3 Å². The van der Waals surface area contributed by atoms with Gasteiger partial charge < -0.3 is 0 Å². The predicted molar refractivity (Wildman–Crippen MR) is 126 cm³/mol. The largest absolute Gasteiger partial charge is 0.246 e. The van der Waals surface area contributed by atoms with Crippen molar-refractivity contribution in [2.24, 2.45) is 5.92 Å². The molecule has 0 amide bonds. The molecule has 0 N–H and O–H groups in total. The van der Waals surface area contributed by atoms with Crippen LogP contribution in [-0.2, 0) is 16.4 Å². The van der Waals surface area contributed by atoms with Crippen molar-refractivity contribution in [1.29, 1.82) is 5.26 Å². The van der Waals surface area contributed by atoms with Crippen molar-refractivity contribution in [2.75, 3.05) is 13.1 Å². The molecule has 10 heteroatoms. The molecule has 2 aromatic carbocycles. The smallest absolute Gasteiger partial charge is 0.237 e. The monoisotopic (exact) mass is 512 g/mol. The number of hydrogen-bond acceptors (Lipinski definition) is 4. The van der Waals surface area contributed by atoms with Crippen LogP contribution in [0.5, 0.6) is 0 Å². The average molecular weight is 513 g/mol. The van der Waals surface area contributed by atoms with Gasteiger partial charge in [0.1, 0.15) is 28.9 Å². The highest BCUT2D eigenvalue weighted by molar-refractivity contribution is 7.89. The Kier molecular flexibility index (Phi) is 6.22. The number of rotatable bonds is 6. The second-order valence-corrected chi connectivity index (χ2v) is 11.1. The minimum atomic E-state index is -4.35. The molecule has 6 nitrogen and oxygen atoms in total. The normalized spacial score (nSPS) is 19.3. The summed E-state index contributed by atoms with van der Waals surface area (Å²) >= 11 is 0. The van der Waals surface area contributed by atoms with Gasteiger partial charge in [0.25, 0.3) is 0 Å². The molecule has 0 bridgehead atoms. The van der Waals surface area contributed by atoms with Crippen LogP contribution in [-0.4, -0.2) is 35.6 Å². The molecule has 186 valence electrons. The third-order valence-corrected chi connectivity index (χ3v) is 8.96. The second-order valence-electron chi connectivity index (χ2n) is 9.16. The first-order valence-corrected chi connectivity index (χ1v) is 13.0. The molecule has 0 unspecified atom stereocenters. The van der Waals surface area contributed by atoms with E-state index in [-0.39, 0.29) is 24.2 Å². The van der Waals surface area contributed by atoms with Crippen molar-refractivity contribution in [3.63, 3.8) is 0 Å². The number of hydrogen-bond donors (Lipinski definition) is 0. The zero-order valence-corrected chi connectivity index (χ0v) is 20.3. The minimum absolute atomic E-state index is 0.0251. The Balaban J connectivity index is 1.44. The van der Waals surface area contributed by atoms with Gasteiger partial charge in [0.15, 0.2) is 0 Å². The van der Waals surface area contributed by atoms with Gasteiger partial charge in [0.2, 0.25) is 10.0 Å². The third-order valence-electron chi connectivity index (χ3n) is 7.11. The van der Waals surface area contributed by atoms with Crippen LogP contribution in [0.3, 0.4) is 0 Å². The molecular weight excluding hydrogens is 489 g/mol. The van der Waals surface area contributed by atoms with Gasteiger partial charge in [-0.05, 0) is 55.2 Å². The quantitative estimate of drug-likeness (QED) is 0.349. The summed E-state index contributed by atoms with van der Waals surface area (Å²) in [5, 5.41) is 13.9. The molecule has 0 fully saturated rings. The molecule has 2 atom stereocenters. The van der Waals surface area contributed by atoms with Crippen LogP contribution in [0, 0.1) is 34.7 Å². The molecule has 36 heavy (non-hydrogen) atoms. The van der Waals surface area contributed by atoms with Crippen molar-refractivity contribution in [3.8, 4) is 11.8 Å². The van der Waals surface area contributed by atoms with Crippen molar-refractivity contribution < 1.29 is 21.6 Å². The van der Waals surface area contributed by atoms with Gasteiger partial charge in [0.05, 0.1) is 23.6 Å². The highest BCUT2D eigenvalue weighted by Gasteiger charge is 2.39. The van der Waals surface area contributed by atoms with Gasteiger partial charge in [-0.3, -0.25) is 0 Å². The molecule has 2 aliphatic carbocycles. The summed E-state index contributed by atoms with van der Waals surface area (Å²) in [5.41, 5.74) is 5.12. The molecule has 5 rings (SSSR count). The summed E-state index contributed by atoms with van der Waals surface area (Å²) in [6.45, 7) is 1.63. The van der Waals surface area contributed by atoms with E-state index in [4.69, 9.17) is 0 Å². The van der Waals surface area contributed by atoms with Gasteiger partial charge in [0, 0.05) is 30.5 Å². The van der Waals surface area contributed by atoms with E-state index in [9.17, 15) is 26.9 Å². The average Bonchev–Trinajstić information content (AvgIpc) is 3.44. The summed E-state index contributed by atoms with van der Waals surface area (Å²) in [7, 11) is -4.35. The van der Waals surface area contributed by atoms with Gasteiger partial charge in [-0.2, -0.15) is 14.7 Å². The first-order valence-electron chi connectivity index (χ1n) is 11.6. The van der Waals surface area contributed by atoms with E-state index in [1.54, 1.807) is 18.3 Å². The maximum atomic E-state index is 14.4. The van der Waals surface area contributed by atoms with Crippen LogP contribution < -0.4 is 0 Å². The molecule has 0 saturated heterocycles. The molecule has 0 spiro atoms. The lowest BCUT2D eigenvalue weighted by Gasteiger charge is -2.30. The number of nitriles is 1. The summed E-state index contributed by atoms with van der Waals surface area (Å²) in [4.78, 5) is -0.647. The Bertz CT molecular complexity index is 1510. The lowest BCUT2D eigenvalue weighted by Crippen LogP contribution is -2.37. The van der Waals surface area contributed by atoms with Crippen molar-refractivity contribution in [2.45, 2.75) is 37.0 Å². The van der Waals surface area contributed by atoms with Gasteiger partial charge in [-0.1, -0.05) is 18.1 Å². The van der Waals surface area contributed by atoms with E-state index < -0.39 is 33.1 Å². The first kappa shape index (κ1) is 24.3. The number of nitrogens with zero attached hydrogens (tertiary/aromatic N) is 4. The Morgan fingerprint density at radius 1 is 1.14 bits per heavy atom. The summed E-state index contributed by atoms with van der Waals surface area (Å²) < 4.78 is 70.3. The fourth-order valence-corrected chi connectivity index (χ4v) is 6.90. The van der Waals surface area contributed by atoms with Crippen molar-refractivity contribution in [1.82, 2.24) is 14.1 Å². The second kappa shape index (κ2) is 9.22. The maximum absolute atomic E-state index is 14.4. The van der Waals surface area contributed by atoms with Gasteiger partial charge in [-0.15, -0.1) is 0 Å². The van der Waals surface area contributed by atoms with E-state index in [1.807, 2.05) is 17.7 Å². The SMILES string of the molecule is C[C@@H]1C2=C(CC[C@@H]2CN(CC#N)S(=O)(=O)c2ccc(F)cc2F)Cc2c1cnn2-c1ccc(F)cc1. The standard InChI is InChI=1S/C26H23F3N4O2S/c1-16-22-14-31-33(21-7-4-19(27)5-8-21)24(22)12-17-2-3-18(26(16)17)15-32(11-10-30)36(34,35)25-9-6-20(28)13-23(25)29/h4-9,13-14,16,18H,2-3,11-12,15H2,1H3/t16-,18+/m0/s1. The molecule has 3 aromatic rings.